The zero-order chi connectivity index (χ0) is 19.5. The summed E-state index contributed by atoms with van der Waals surface area (Å²) < 4.78 is 13.1. The number of nitrogens with one attached hydrogen (secondary N) is 1. The number of rotatable bonds is 5. The van der Waals surface area contributed by atoms with Gasteiger partial charge >= 0.3 is 0 Å². The average Bonchev–Trinajstić information content (AvgIpc) is 3.57. The molecule has 2 amide bonds. The molecule has 3 fully saturated rings. The number of hydrogen-bond acceptors (Lipinski definition) is 3. The quantitative estimate of drug-likeness (QED) is 0.845. The Balaban J connectivity index is 1.28. The van der Waals surface area contributed by atoms with Crippen LogP contribution >= 0.6 is 0 Å². The minimum absolute atomic E-state index is 0.111. The van der Waals surface area contributed by atoms with Crippen LogP contribution in [0, 0.1) is 17.7 Å². The van der Waals surface area contributed by atoms with E-state index >= 15 is 0 Å². The van der Waals surface area contributed by atoms with Gasteiger partial charge in [-0.2, -0.15) is 0 Å². The molecule has 1 aliphatic carbocycles. The molecule has 1 N–H and O–H groups in total. The highest BCUT2D eigenvalue weighted by atomic mass is 19.1. The van der Waals surface area contributed by atoms with E-state index in [4.69, 9.17) is 0 Å². The van der Waals surface area contributed by atoms with Crippen LogP contribution in [0.2, 0.25) is 0 Å². The number of nitrogens with zero attached hydrogens (tertiary/aromatic N) is 2. The number of amides is 2. The van der Waals surface area contributed by atoms with Crippen molar-refractivity contribution in [2.75, 3.05) is 32.7 Å². The van der Waals surface area contributed by atoms with Crippen LogP contribution in [0.15, 0.2) is 24.3 Å². The highest BCUT2D eigenvalue weighted by molar-refractivity contribution is 5.94. The van der Waals surface area contributed by atoms with Crippen molar-refractivity contribution in [1.29, 1.82) is 0 Å². The smallest absolute Gasteiger partial charge is 0.253 e. The molecule has 1 aromatic carbocycles. The monoisotopic (exact) mass is 387 g/mol. The predicted molar refractivity (Wildman–Crippen MR) is 105 cm³/mol. The Morgan fingerprint density at radius 2 is 1.68 bits per heavy atom. The molecular formula is C22H30FN3O2. The van der Waals surface area contributed by atoms with Crippen molar-refractivity contribution in [3.05, 3.63) is 35.6 Å². The first-order chi connectivity index (χ1) is 13.6. The van der Waals surface area contributed by atoms with E-state index in [9.17, 15) is 14.0 Å². The predicted octanol–water partition coefficient (Wildman–Crippen LogP) is 2.67. The van der Waals surface area contributed by atoms with Gasteiger partial charge < -0.3 is 15.1 Å². The molecule has 0 spiro atoms. The second-order valence-electron chi connectivity index (χ2n) is 8.55. The Bertz CT molecular complexity index is 696. The third-order valence-corrected chi connectivity index (χ3v) is 6.35. The summed E-state index contributed by atoms with van der Waals surface area (Å²) >= 11 is 0. The lowest BCUT2D eigenvalue weighted by atomic mass is 9.94. The summed E-state index contributed by atoms with van der Waals surface area (Å²) in [5, 5.41) is 3.65. The Labute approximate surface area is 166 Å². The molecule has 2 saturated heterocycles. The molecule has 6 heteroatoms. The molecule has 0 aromatic heterocycles. The van der Waals surface area contributed by atoms with Gasteiger partial charge in [-0.05, 0) is 75.3 Å². The maximum Gasteiger partial charge on any atom is 0.253 e. The molecule has 0 radical (unpaired) electrons. The van der Waals surface area contributed by atoms with Gasteiger partial charge in [0, 0.05) is 37.8 Å². The molecule has 0 bridgehead atoms. The molecule has 4 rings (SSSR count). The highest BCUT2D eigenvalue weighted by Crippen LogP contribution is 2.28. The Hall–Kier alpha value is -1.95. The SMILES string of the molecule is O=C(c1ccc(F)cc1)N1CCCC(C(=O)N2CCC(NCC3CC3)CC2)C1. The van der Waals surface area contributed by atoms with Gasteiger partial charge in [-0.3, -0.25) is 9.59 Å². The highest BCUT2D eigenvalue weighted by Gasteiger charge is 2.33. The van der Waals surface area contributed by atoms with Gasteiger partial charge in [0.15, 0.2) is 0 Å². The van der Waals surface area contributed by atoms with Crippen molar-refractivity contribution in [3.63, 3.8) is 0 Å². The van der Waals surface area contributed by atoms with E-state index in [0.29, 0.717) is 24.7 Å². The van der Waals surface area contributed by atoms with E-state index in [-0.39, 0.29) is 23.5 Å². The van der Waals surface area contributed by atoms with Crippen LogP contribution in [0.5, 0.6) is 0 Å². The largest absolute Gasteiger partial charge is 0.342 e. The summed E-state index contributed by atoms with van der Waals surface area (Å²) in [6, 6.07) is 6.18. The van der Waals surface area contributed by atoms with Gasteiger partial charge in [-0.25, -0.2) is 4.39 Å². The number of halogens is 1. The average molecular weight is 387 g/mol. The second-order valence-corrected chi connectivity index (χ2v) is 8.55. The number of likely N-dealkylation sites (tertiary alicyclic amines) is 2. The van der Waals surface area contributed by atoms with Crippen LogP contribution in [0.3, 0.4) is 0 Å². The van der Waals surface area contributed by atoms with Crippen LogP contribution < -0.4 is 5.32 Å². The number of hydrogen-bond donors (Lipinski definition) is 1. The van der Waals surface area contributed by atoms with Crippen molar-refractivity contribution in [3.8, 4) is 0 Å². The van der Waals surface area contributed by atoms with Crippen LogP contribution in [0.1, 0.15) is 48.9 Å². The van der Waals surface area contributed by atoms with Crippen LogP contribution in [-0.4, -0.2) is 60.4 Å². The van der Waals surface area contributed by atoms with E-state index in [2.05, 4.69) is 5.32 Å². The third kappa shape index (κ3) is 4.72. The third-order valence-electron chi connectivity index (χ3n) is 6.35. The lowest BCUT2D eigenvalue weighted by Crippen LogP contribution is -2.50. The summed E-state index contributed by atoms with van der Waals surface area (Å²) in [4.78, 5) is 29.4. The van der Waals surface area contributed by atoms with Crippen molar-refractivity contribution in [2.45, 2.75) is 44.6 Å². The first kappa shape index (κ1) is 19.4. The molecule has 2 aliphatic heterocycles. The second kappa shape index (κ2) is 8.60. The minimum atomic E-state index is -0.349. The van der Waals surface area contributed by atoms with Gasteiger partial charge in [-0.15, -0.1) is 0 Å². The summed E-state index contributed by atoms with van der Waals surface area (Å²) in [5.41, 5.74) is 0.483. The van der Waals surface area contributed by atoms with Crippen molar-refractivity contribution in [2.24, 2.45) is 11.8 Å². The number of carbonyl (C=O) groups excluding carboxylic acids is 2. The van der Waals surface area contributed by atoms with Gasteiger partial charge in [0.2, 0.25) is 5.91 Å². The van der Waals surface area contributed by atoms with Crippen molar-refractivity contribution in [1.82, 2.24) is 15.1 Å². The fraction of sp³-hybridized carbons (Fsp3) is 0.636. The van der Waals surface area contributed by atoms with Gasteiger partial charge in [0.05, 0.1) is 5.92 Å². The minimum Gasteiger partial charge on any atom is -0.342 e. The van der Waals surface area contributed by atoms with Gasteiger partial charge in [0.1, 0.15) is 5.82 Å². The van der Waals surface area contributed by atoms with Crippen LogP contribution in [0.25, 0.3) is 0 Å². The molecule has 3 aliphatic rings. The van der Waals surface area contributed by atoms with Crippen molar-refractivity contribution < 1.29 is 14.0 Å². The molecule has 1 saturated carbocycles. The van der Waals surface area contributed by atoms with Crippen LogP contribution in [0.4, 0.5) is 4.39 Å². The molecule has 1 atom stereocenters. The van der Waals surface area contributed by atoms with E-state index in [1.54, 1.807) is 4.90 Å². The fourth-order valence-electron chi connectivity index (χ4n) is 4.36. The number of carbonyl (C=O) groups is 2. The van der Waals surface area contributed by atoms with Crippen LogP contribution in [-0.2, 0) is 4.79 Å². The van der Waals surface area contributed by atoms with E-state index < -0.39 is 0 Å². The molecule has 1 unspecified atom stereocenters. The summed E-state index contributed by atoms with van der Waals surface area (Å²) in [5.74, 6) is 0.497. The Morgan fingerprint density at radius 3 is 2.36 bits per heavy atom. The fourth-order valence-corrected chi connectivity index (χ4v) is 4.36. The van der Waals surface area contributed by atoms with Gasteiger partial charge in [-0.1, -0.05) is 0 Å². The molecule has 5 nitrogen and oxygen atoms in total. The van der Waals surface area contributed by atoms with Gasteiger partial charge in [0.25, 0.3) is 5.91 Å². The Morgan fingerprint density at radius 1 is 0.964 bits per heavy atom. The lowest BCUT2D eigenvalue weighted by molar-refractivity contribution is -0.138. The standard InChI is InChI=1S/C22H30FN3O2/c23-19-7-5-17(6-8-19)21(27)26-11-1-2-18(15-26)22(28)25-12-9-20(10-13-25)24-14-16-3-4-16/h5-8,16,18,20,24H,1-4,9-15H2. The first-order valence-corrected chi connectivity index (χ1v) is 10.7. The van der Waals surface area contributed by atoms with E-state index in [0.717, 1.165) is 51.2 Å². The summed E-state index contributed by atoms with van der Waals surface area (Å²) in [6.45, 7) is 3.87. The molecule has 152 valence electrons. The van der Waals surface area contributed by atoms with E-state index in [1.165, 1.54) is 37.1 Å². The molecule has 2 heterocycles. The zero-order valence-electron chi connectivity index (χ0n) is 16.4. The Kier molecular flexibility index (Phi) is 5.95. The van der Waals surface area contributed by atoms with Crippen molar-refractivity contribution >= 4 is 11.8 Å². The normalized spacial score (nSPS) is 23.7. The lowest BCUT2D eigenvalue weighted by Gasteiger charge is -2.38. The number of piperidine rings is 2. The maximum absolute atomic E-state index is 13.1. The summed E-state index contributed by atoms with van der Waals surface area (Å²) in [7, 11) is 0. The molecular weight excluding hydrogens is 357 g/mol. The number of benzene rings is 1. The molecule has 1 aromatic rings. The topological polar surface area (TPSA) is 52.7 Å². The maximum atomic E-state index is 13.1. The molecule has 28 heavy (non-hydrogen) atoms. The first-order valence-electron chi connectivity index (χ1n) is 10.7. The van der Waals surface area contributed by atoms with E-state index in [1.807, 2.05) is 4.90 Å². The zero-order valence-corrected chi connectivity index (χ0v) is 16.4. The summed E-state index contributed by atoms with van der Waals surface area (Å²) in [6.07, 6.45) is 6.43.